The first-order chi connectivity index (χ1) is 14.6. The van der Waals surface area contributed by atoms with Gasteiger partial charge in [-0.1, -0.05) is 11.6 Å². The molecular weight excluding hydrogens is 402 g/mol. The Morgan fingerprint density at radius 3 is 2.40 bits per heavy atom. The average molecular weight is 428 g/mol. The van der Waals surface area contributed by atoms with Gasteiger partial charge >= 0.3 is 0 Å². The van der Waals surface area contributed by atoms with Gasteiger partial charge in [-0.25, -0.2) is 9.97 Å². The van der Waals surface area contributed by atoms with Crippen molar-refractivity contribution in [2.75, 3.05) is 36.4 Å². The number of amides is 2. The Morgan fingerprint density at radius 2 is 1.70 bits per heavy atom. The van der Waals surface area contributed by atoms with Crippen LogP contribution in [0, 0.1) is 5.92 Å². The summed E-state index contributed by atoms with van der Waals surface area (Å²) in [4.78, 5) is 38.5. The third kappa shape index (κ3) is 4.73. The van der Waals surface area contributed by atoms with Crippen LogP contribution >= 0.6 is 11.6 Å². The molecule has 2 saturated heterocycles. The SMILES string of the molecule is O=C(Nc1cc(Cl)ccc1C(=O)N1CCCCC1)C1CCN(c2ncccn2)CC1. The molecule has 1 aromatic heterocycles. The number of nitrogens with zero attached hydrogens (tertiary/aromatic N) is 4. The second-order valence-corrected chi connectivity index (χ2v) is 8.28. The van der Waals surface area contributed by atoms with Crippen LogP contribution in [0.5, 0.6) is 0 Å². The molecule has 3 heterocycles. The number of halogens is 1. The molecule has 1 N–H and O–H groups in total. The van der Waals surface area contributed by atoms with Crippen LogP contribution in [0.15, 0.2) is 36.7 Å². The zero-order valence-corrected chi connectivity index (χ0v) is 17.6. The molecule has 8 heteroatoms. The number of hydrogen-bond acceptors (Lipinski definition) is 5. The smallest absolute Gasteiger partial charge is 0.255 e. The van der Waals surface area contributed by atoms with Crippen molar-refractivity contribution >= 4 is 35.1 Å². The molecule has 2 aromatic rings. The topological polar surface area (TPSA) is 78.4 Å². The van der Waals surface area contributed by atoms with E-state index in [9.17, 15) is 9.59 Å². The Hall–Kier alpha value is -2.67. The number of carbonyl (C=O) groups excluding carboxylic acids is 2. The molecule has 1 aromatic carbocycles. The molecule has 0 unspecified atom stereocenters. The van der Waals surface area contributed by atoms with Crippen LogP contribution in [0.1, 0.15) is 42.5 Å². The summed E-state index contributed by atoms with van der Waals surface area (Å²) in [6, 6.07) is 6.87. The lowest BCUT2D eigenvalue weighted by Crippen LogP contribution is -2.39. The van der Waals surface area contributed by atoms with E-state index in [-0.39, 0.29) is 17.7 Å². The normalized spacial score (nSPS) is 17.6. The predicted octanol–water partition coefficient (Wildman–Crippen LogP) is 3.61. The number of piperidine rings is 2. The lowest BCUT2D eigenvalue weighted by Gasteiger charge is -2.31. The first-order valence-corrected chi connectivity index (χ1v) is 10.9. The van der Waals surface area contributed by atoms with Crippen LogP contribution in [-0.2, 0) is 4.79 Å². The highest BCUT2D eigenvalue weighted by Gasteiger charge is 2.28. The summed E-state index contributed by atoms with van der Waals surface area (Å²) >= 11 is 6.17. The highest BCUT2D eigenvalue weighted by molar-refractivity contribution is 6.31. The number of hydrogen-bond donors (Lipinski definition) is 1. The fourth-order valence-corrected chi connectivity index (χ4v) is 4.28. The molecule has 4 rings (SSSR count). The molecule has 0 aliphatic carbocycles. The summed E-state index contributed by atoms with van der Waals surface area (Å²) in [5.74, 6) is 0.457. The van der Waals surface area contributed by atoms with Crippen molar-refractivity contribution in [3.05, 3.63) is 47.2 Å². The number of anilines is 2. The van der Waals surface area contributed by atoms with Gasteiger partial charge in [0.05, 0.1) is 11.3 Å². The van der Waals surface area contributed by atoms with Crippen molar-refractivity contribution in [2.24, 2.45) is 5.92 Å². The van der Waals surface area contributed by atoms with E-state index in [1.165, 1.54) is 0 Å². The summed E-state index contributed by atoms with van der Waals surface area (Å²) < 4.78 is 0. The van der Waals surface area contributed by atoms with E-state index in [0.29, 0.717) is 35.1 Å². The van der Waals surface area contributed by atoms with Gasteiger partial charge in [-0.05, 0) is 56.4 Å². The van der Waals surface area contributed by atoms with Gasteiger partial charge in [-0.15, -0.1) is 0 Å². The molecule has 0 bridgehead atoms. The van der Waals surface area contributed by atoms with Gasteiger partial charge < -0.3 is 15.1 Å². The van der Waals surface area contributed by atoms with E-state index in [1.807, 2.05) is 4.90 Å². The highest BCUT2D eigenvalue weighted by Crippen LogP contribution is 2.27. The second-order valence-electron chi connectivity index (χ2n) is 7.84. The molecule has 2 amide bonds. The van der Waals surface area contributed by atoms with E-state index < -0.39 is 0 Å². The number of likely N-dealkylation sites (tertiary alicyclic amines) is 1. The largest absolute Gasteiger partial charge is 0.341 e. The third-order valence-electron chi connectivity index (χ3n) is 5.81. The van der Waals surface area contributed by atoms with Gasteiger partial charge in [0.15, 0.2) is 0 Å². The maximum absolute atomic E-state index is 13.0. The van der Waals surface area contributed by atoms with Crippen molar-refractivity contribution in [3.63, 3.8) is 0 Å². The molecule has 0 radical (unpaired) electrons. The van der Waals surface area contributed by atoms with Gasteiger partial charge in [-0.2, -0.15) is 0 Å². The number of benzene rings is 1. The lowest BCUT2D eigenvalue weighted by atomic mass is 9.95. The van der Waals surface area contributed by atoms with Crippen LogP contribution in [-0.4, -0.2) is 52.9 Å². The molecule has 0 saturated carbocycles. The first-order valence-electron chi connectivity index (χ1n) is 10.5. The summed E-state index contributed by atoms with van der Waals surface area (Å²) in [6.07, 6.45) is 8.05. The zero-order valence-electron chi connectivity index (χ0n) is 16.9. The number of nitrogens with one attached hydrogen (secondary N) is 1. The molecule has 0 spiro atoms. The Balaban J connectivity index is 1.42. The molecule has 2 aliphatic heterocycles. The molecule has 0 atom stereocenters. The standard InChI is InChI=1S/C22H26ClN5O2/c23-17-5-6-18(21(30)27-11-2-1-3-12-27)19(15-17)26-20(29)16-7-13-28(14-8-16)22-24-9-4-10-25-22/h4-6,9-10,15-16H,1-3,7-8,11-14H2,(H,26,29). The van der Waals surface area contributed by atoms with Gasteiger partial charge in [0, 0.05) is 49.5 Å². The van der Waals surface area contributed by atoms with Crippen molar-refractivity contribution in [2.45, 2.75) is 32.1 Å². The van der Waals surface area contributed by atoms with Crippen LogP contribution in [0.25, 0.3) is 0 Å². The molecule has 2 fully saturated rings. The average Bonchev–Trinajstić information content (AvgIpc) is 2.80. The first kappa shape index (κ1) is 20.6. The third-order valence-corrected chi connectivity index (χ3v) is 6.05. The van der Waals surface area contributed by atoms with E-state index >= 15 is 0 Å². The molecule has 158 valence electrons. The van der Waals surface area contributed by atoms with E-state index in [2.05, 4.69) is 20.2 Å². The number of aromatic nitrogens is 2. The second kappa shape index (κ2) is 9.43. The van der Waals surface area contributed by atoms with Gasteiger partial charge in [0.25, 0.3) is 5.91 Å². The minimum absolute atomic E-state index is 0.0438. The van der Waals surface area contributed by atoms with Crippen LogP contribution in [0.4, 0.5) is 11.6 Å². The van der Waals surface area contributed by atoms with Crippen LogP contribution < -0.4 is 10.2 Å². The van der Waals surface area contributed by atoms with Crippen LogP contribution in [0.2, 0.25) is 5.02 Å². The van der Waals surface area contributed by atoms with Gasteiger partial charge in [-0.3, -0.25) is 9.59 Å². The maximum Gasteiger partial charge on any atom is 0.255 e. The summed E-state index contributed by atoms with van der Waals surface area (Å²) in [6.45, 7) is 2.96. The Morgan fingerprint density at radius 1 is 1.00 bits per heavy atom. The van der Waals surface area contributed by atoms with Crippen molar-refractivity contribution in [1.29, 1.82) is 0 Å². The fourth-order valence-electron chi connectivity index (χ4n) is 4.10. The molecule has 30 heavy (non-hydrogen) atoms. The molecule has 2 aliphatic rings. The highest BCUT2D eigenvalue weighted by atomic mass is 35.5. The quantitative estimate of drug-likeness (QED) is 0.806. The number of rotatable bonds is 4. The molecular formula is C22H26ClN5O2. The Kier molecular flexibility index (Phi) is 6.47. The lowest BCUT2D eigenvalue weighted by molar-refractivity contribution is -0.120. The van der Waals surface area contributed by atoms with E-state index in [1.54, 1.807) is 36.7 Å². The minimum atomic E-state index is -0.123. The Bertz CT molecular complexity index is 894. The van der Waals surface area contributed by atoms with Crippen LogP contribution in [0.3, 0.4) is 0 Å². The van der Waals surface area contributed by atoms with E-state index in [0.717, 1.165) is 45.4 Å². The molecule has 7 nitrogen and oxygen atoms in total. The van der Waals surface area contributed by atoms with Crippen molar-refractivity contribution < 1.29 is 9.59 Å². The summed E-state index contributed by atoms with van der Waals surface area (Å²) in [5, 5.41) is 3.47. The summed E-state index contributed by atoms with van der Waals surface area (Å²) in [5.41, 5.74) is 1.00. The van der Waals surface area contributed by atoms with E-state index in [4.69, 9.17) is 11.6 Å². The maximum atomic E-state index is 13.0. The minimum Gasteiger partial charge on any atom is -0.341 e. The number of carbonyl (C=O) groups is 2. The Labute approximate surface area is 181 Å². The van der Waals surface area contributed by atoms with Crippen molar-refractivity contribution in [1.82, 2.24) is 14.9 Å². The zero-order chi connectivity index (χ0) is 20.9. The summed E-state index contributed by atoms with van der Waals surface area (Å²) in [7, 11) is 0. The van der Waals surface area contributed by atoms with Gasteiger partial charge in [0.2, 0.25) is 11.9 Å². The fraction of sp³-hybridized carbons (Fsp3) is 0.455. The van der Waals surface area contributed by atoms with Gasteiger partial charge in [0.1, 0.15) is 0 Å². The monoisotopic (exact) mass is 427 g/mol. The van der Waals surface area contributed by atoms with Crippen molar-refractivity contribution in [3.8, 4) is 0 Å². The predicted molar refractivity (Wildman–Crippen MR) is 117 cm³/mol.